The fourth-order valence-corrected chi connectivity index (χ4v) is 3.40. The van der Waals surface area contributed by atoms with Gasteiger partial charge in [0.25, 0.3) is 0 Å². The van der Waals surface area contributed by atoms with Crippen LogP contribution in [0.1, 0.15) is 20.3 Å². The molecule has 1 N–H and O–H groups in total. The maximum Gasteiger partial charge on any atom is 0.237 e. The Morgan fingerprint density at radius 3 is 2.56 bits per heavy atom. The molecular formula is C21H23N3O2S. The number of imidazole rings is 1. The zero-order chi connectivity index (χ0) is 19.1. The van der Waals surface area contributed by atoms with Gasteiger partial charge in [0.1, 0.15) is 11.5 Å². The van der Waals surface area contributed by atoms with Crippen LogP contribution < -0.4 is 10.1 Å². The highest BCUT2D eigenvalue weighted by Gasteiger charge is 2.17. The summed E-state index contributed by atoms with van der Waals surface area (Å²) in [6, 6.07) is 17.0. The summed E-state index contributed by atoms with van der Waals surface area (Å²) >= 11 is 1.46. The maximum absolute atomic E-state index is 12.5. The Kier molecular flexibility index (Phi) is 6.54. The van der Waals surface area contributed by atoms with E-state index in [1.807, 2.05) is 67.7 Å². The minimum Gasteiger partial charge on any atom is -0.457 e. The van der Waals surface area contributed by atoms with Crippen LogP contribution in [0.2, 0.25) is 0 Å². The average molecular weight is 382 g/mol. The quantitative estimate of drug-likeness (QED) is 0.545. The first-order valence-electron chi connectivity index (χ1n) is 8.97. The summed E-state index contributed by atoms with van der Waals surface area (Å²) in [5, 5.41) is 3.56. The van der Waals surface area contributed by atoms with Gasteiger partial charge in [0.2, 0.25) is 5.91 Å². The fraction of sp³-hybridized carbons (Fsp3) is 0.238. The minimum atomic E-state index is -0.247. The molecule has 6 heteroatoms. The van der Waals surface area contributed by atoms with Crippen molar-refractivity contribution in [3.8, 4) is 11.5 Å². The van der Waals surface area contributed by atoms with Gasteiger partial charge in [-0.3, -0.25) is 4.79 Å². The lowest BCUT2D eigenvalue weighted by Gasteiger charge is -2.13. The number of amides is 1. The highest BCUT2D eigenvalue weighted by atomic mass is 32.2. The summed E-state index contributed by atoms with van der Waals surface area (Å²) in [7, 11) is 0. The Hall–Kier alpha value is -2.73. The van der Waals surface area contributed by atoms with Crippen LogP contribution in [0.3, 0.4) is 0 Å². The molecule has 0 saturated carbocycles. The largest absolute Gasteiger partial charge is 0.457 e. The lowest BCUT2D eigenvalue weighted by Crippen LogP contribution is -2.22. The molecule has 0 fully saturated rings. The van der Waals surface area contributed by atoms with E-state index in [-0.39, 0.29) is 11.2 Å². The summed E-state index contributed by atoms with van der Waals surface area (Å²) in [4.78, 5) is 16.8. The fourth-order valence-electron chi connectivity index (χ4n) is 2.51. The molecule has 0 bridgehead atoms. The summed E-state index contributed by atoms with van der Waals surface area (Å²) in [6.45, 7) is 4.91. The van der Waals surface area contributed by atoms with Crippen molar-refractivity contribution in [2.75, 3.05) is 5.32 Å². The van der Waals surface area contributed by atoms with Crippen LogP contribution in [0.25, 0.3) is 0 Å². The Balaban J connectivity index is 1.56. The second kappa shape index (κ2) is 9.28. The number of carbonyl (C=O) groups excluding carboxylic acids is 1. The molecule has 0 aliphatic rings. The van der Waals surface area contributed by atoms with Crippen molar-refractivity contribution in [2.24, 2.45) is 0 Å². The molecule has 1 unspecified atom stereocenters. The number of aryl methyl sites for hydroxylation is 1. The van der Waals surface area contributed by atoms with Crippen molar-refractivity contribution in [3.05, 3.63) is 67.0 Å². The first-order chi connectivity index (χ1) is 13.2. The zero-order valence-corrected chi connectivity index (χ0v) is 16.3. The molecule has 27 heavy (non-hydrogen) atoms. The lowest BCUT2D eigenvalue weighted by molar-refractivity contribution is -0.115. The molecule has 0 radical (unpaired) electrons. The summed E-state index contributed by atoms with van der Waals surface area (Å²) in [5.41, 5.74) is 0.741. The van der Waals surface area contributed by atoms with Gasteiger partial charge in [-0.05, 0) is 49.7 Å². The van der Waals surface area contributed by atoms with E-state index < -0.39 is 0 Å². The molecule has 3 rings (SSSR count). The molecule has 2 aromatic carbocycles. The van der Waals surface area contributed by atoms with Crippen LogP contribution >= 0.6 is 11.8 Å². The van der Waals surface area contributed by atoms with Gasteiger partial charge in [-0.25, -0.2) is 4.98 Å². The van der Waals surface area contributed by atoms with Gasteiger partial charge in [0.05, 0.1) is 5.25 Å². The second-order valence-electron chi connectivity index (χ2n) is 6.09. The maximum atomic E-state index is 12.5. The van der Waals surface area contributed by atoms with Crippen molar-refractivity contribution in [1.82, 2.24) is 9.55 Å². The number of rotatable bonds is 8. The van der Waals surface area contributed by atoms with E-state index in [1.54, 1.807) is 6.20 Å². The number of ether oxygens (including phenoxy) is 1. The monoisotopic (exact) mass is 381 g/mol. The first-order valence-corrected chi connectivity index (χ1v) is 9.85. The van der Waals surface area contributed by atoms with E-state index in [9.17, 15) is 4.79 Å². The third-order valence-corrected chi connectivity index (χ3v) is 5.01. The van der Waals surface area contributed by atoms with Crippen LogP contribution in [0, 0.1) is 0 Å². The van der Waals surface area contributed by atoms with Gasteiger partial charge in [-0.2, -0.15) is 0 Å². The molecule has 5 nitrogen and oxygen atoms in total. The zero-order valence-electron chi connectivity index (χ0n) is 15.5. The van der Waals surface area contributed by atoms with Crippen LogP contribution in [0.5, 0.6) is 11.5 Å². The van der Waals surface area contributed by atoms with Crippen LogP contribution in [-0.2, 0) is 11.3 Å². The first kappa shape index (κ1) is 19.0. The van der Waals surface area contributed by atoms with Crippen molar-refractivity contribution in [1.29, 1.82) is 0 Å². The molecule has 1 aromatic heterocycles. The van der Waals surface area contributed by atoms with E-state index in [2.05, 4.69) is 21.8 Å². The molecule has 0 aliphatic heterocycles. The van der Waals surface area contributed by atoms with E-state index in [1.165, 1.54) is 11.8 Å². The number of hydrogen-bond acceptors (Lipinski definition) is 4. The number of aromatic nitrogens is 2. The number of benzene rings is 2. The standard InChI is InChI=1S/C21H23N3O2S/c1-3-14-24-15-13-22-21(24)27-16(2)20(25)23-17-9-11-19(12-10-17)26-18-7-5-4-6-8-18/h4-13,15-16H,3,14H2,1-2H3,(H,23,25). The third-order valence-electron chi connectivity index (χ3n) is 3.89. The number of anilines is 1. The number of nitrogens with zero attached hydrogens (tertiary/aromatic N) is 2. The van der Waals surface area contributed by atoms with Gasteiger partial charge in [-0.15, -0.1) is 0 Å². The topological polar surface area (TPSA) is 56.2 Å². The Morgan fingerprint density at radius 2 is 1.85 bits per heavy atom. The normalized spacial score (nSPS) is 11.8. The molecule has 3 aromatic rings. The molecule has 1 heterocycles. The highest BCUT2D eigenvalue weighted by Crippen LogP contribution is 2.25. The number of nitrogens with one attached hydrogen (secondary N) is 1. The Bertz CT molecular complexity index is 863. The van der Waals surface area contributed by atoms with Crippen molar-refractivity contribution < 1.29 is 9.53 Å². The van der Waals surface area contributed by atoms with Gasteiger partial charge in [0, 0.05) is 24.6 Å². The SMILES string of the molecule is CCCn1ccnc1SC(C)C(=O)Nc1ccc(Oc2ccccc2)cc1. The predicted octanol–water partition coefficient (Wildman–Crippen LogP) is 5.20. The third kappa shape index (κ3) is 5.37. The second-order valence-corrected chi connectivity index (χ2v) is 7.40. The van der Waals surface area contributed by atoms with E-state index >= 15 is 0 Å². The molecule has 0 spiro atoms. The Morgan fingerprint density at radius 1 is 1.15 bits per heavy atom. The molecule has 0 aliphatic carbocycles. The van der Waals surface area contributed by atoms with E-state index in [0.717, 1.165) is 35.3 Å². The summed E-state index contributed by atoms with van der Waals surface area (Å²) in [6.07, 6.45) is 4.75. The van der Waals surface area contributed by atoms with E-state index in [0.29, 0.717) is 0 Å². The number of para-hydroxylation sites is 1. The number of carbonyl (C=O) groups is 1. The van der Waals surface area contributed by atoms with Crippen LogP contribution in [-0.4, -0.2) is 20.7 Å². The van der Waals surface area contributed by atoms with Crippen molar-refractivity contribution in [2.45, 2.75) is 37.2 Å². The molecule has 0 saturated heterocycles. The summed E-state index contributed by atoms with van der Waals surface area (Å²) < 4.78 is 7.84. The van der Waals surface area contributed by atoms with Gasteiger partial charge in [0.15, 0.2) is 5.16 Å². The molecule has 140 valence electrons. The molecular weight excluding hydrogens is 358 g/mol. The minimum absolute atomic E-state index is 0.0530. The Labute approximate surface area is 163 Å². The highest BCUT2D eigenvalue weighted by molar-refractivity contribution is 8.00. The number of thioether (sulfide) groups is 1. The van der Waals surface area contributed by atoms with Crippen LogP contribution in [0.15, 0.2) is 72.1 Å². The van der Waals surface area contributed by atoms with Crippen molar-refractivity contribution in [3.63, 3.8) is 0 Å². The predicted molar refractivity (Wildman–Crippen MR) is 109 cm³/mol. The average Bonchev–Trinajstić information content (AvgIpc) is 3.11. The van der Waals surface area contributed by atoms with Gasteiger partial charge < -0.3 is 14.6 Å². The van der Waals surface area contributed by atoms with Gasteiger partial charge in [-0.1, -0.05) is 36.9 Å². The van der Waals surface area contributed by atoms with Gasteiger partial charge >= 0.3 is 0 Å². The lowest BCUT2D eigenvalue weighted by atomic mass is 10.3. The van der Waals surface area contributed by atoms with Crippen molar-refractivity contribution >= 4 is 23.4 Å². The van der Waals surface area contributed by atoms with Crippen LogP contribution in [0.4, 0.5) is 5.69 Å². The van der Waals surface area contributed by atoms with E-state index in [4.69, 9.17) is 4.74 Å². The molecule has 1 atom stereocenters. The molecule has 1 amide bonds. The smallest absolute Gasteiger partial charge is 0.237 e. The summed E-state index contributed by atoms with van der Waals surface area (Å²) in [5.74, 6) is 1.45. The number of hydrogen-bond donors (Lipinski definition) is 1.